The highest BCUT2D eigenvalue weighted by Crippen LogP contribution is 2.17. The van der Waals surface area contributed by atoms with Gasteiger partial charge in [0.25, 0.3) is 0 Å². The fourth-order valence-corrected chi connectivity index (χ4v) is 8.27. The van der Waals surface area contributed by atoms with Crippen LogP contribution in [-0.2, 0) is 4.79 Å². The van der Waals surface area contributed by atoms with Crippen LogP contribution in [0.25, 0.3) is 0 Å². The smallest absolute Gasteiger partial charge is 0.220 e. The fourth-order valence-electron chi connectivity index (χ4n) is 8.27. The van der Waals surface area contributed by atoms with Crippen LogP contribution in [0.3, 0.4) is 0 Å². The van der Waals surface area contributed by atoms with E-state index in [4.69, 9.17) is 0 Å². The topological polar surface area (TPSA) is 69.6 Å². The molecular weight excluding hydrogens is 771 g/mol. The first-order valence-electron chi connectivity index (χ1n) is 27.7. The van der Waals surface area contributed by atoms with Gasteiger partial charge in [0.1, 0.15) is 0 Å². The number of hydrogen-bond acceptors (Lipinski definition) is 3. The van der Waals surface area contributed by atoms with Crippen molar-refractivity contribution in [1.82, 2.24) is 5.32 Å². The molecule has 0 fully saturated rings. The second kappa shape index (κ2) is 54.2. The van der Waals surface area contributed by atoms with Crippen LogP contribution in [0, 0.1) is 0 Å². The third kappa shape index (κ3) is 50.7. The van der Waals surface area contributed by atoms with Gasteiger partial charge in [-0.3, -0.25) is 4.79 Å². The lowest BCUT2D eigenvalue weighted by Crippen LogP contribution is -2.45. The van der Waals surface area contributed by atoms with E-state index in [2.05, 4.69) is 79.9 Å². The van der Waals surface area contributed by atoms with Crippen LogP contribution >= 0.6 is 0 Å². The highest BCUT2D eigenvalue weighted by molar-refractivity contribution is 5.76. The number of nitrogens with one attached hydrogen (secondary N) is 1. The maximum Gasteiger partial charge on any atom is 0.220 e. The van der Waals surface area contributed by atoms with Gasteiger partial charge in [-0.1, -0.05) is 279 Å². The number of unbranched alkanes of at least 4 members (excludes halogenated alkanes) is 33. The number of aliphatic hydroxyl groups is 2. The molecular formula is C59H107NO3. The van der Waals surface area contributed by atoms with E-state index >= 15 is 0 Å². The van der Waals surface area contributed by atoms with Gasteiger partial charge in [0.2, 0.25) is 5.91 Å². The maximum atomic E-state index is 12.4. The Hall–Kier alpha value is -2.17. The number of allylic oxidation sites excluding steroid dienone is 11. The molecule has 0 aromatic rings. The molecule has 0 bridgehead atoms. The monoisotopic (exact) mass is 878 g/mol. The van der Waals surface area contributed by atoms with Gasteiger partial charge in [-0.15, -0.1) is 0 Å². The molecule has 63 heavy (non-hydrogen) atoms. The summed E-state index contributed by atoms with van der Waals surface area (Å²) in [6.45, 7) is 4.20. The summed E-state index contributed by atoms with van der Waals surface area (Å²) in [5, 5.41) is 23.1. The number of rotatable bonds is 50. The Morgan fingerprint density at radius 1 is 0.397 bits per heavy atom. The zero-order valence-corrected chi connectivity index (χ0v) is 42.1. The number of amides is 1. The fraction of sp³-hybridized carbons (Fsp3) is 0.780. The summed E-state index contributed by atoms with van der Waals surface area (Å²) in [6.07, 6.45) is 77.8. The van der Waals surface area contributed by atoms with Gasteiger partial charge in [0, 0.05) is 6.42 Å². The first-order chi connectivity index (χ1) is 31.2. The Bertz CT molecular complexity index is 1090. The molecule has 0 aliphatic heterocycles. The summed E-state index contributed by atoms with van der Waals surface area (Å²) in [4.78, 5) is 12.4. The molecule has 0 rings (SSSR count). The Kier molecular flexibility index (Phi) is 52.3. The molecule has 366 valence electrons. The van der Waals surface area contributed by atoms with Gasteiger partial charge >= 0.3 is 0 Å². The number of hydrogen-bond donors (Lipinski definition) is 3. The highest BCUT2D eigenvalue weighted by Gasteiger charge is 2.18. The predicted octanol–water partition coefficient (Wildman–Crippen LogP) is 18.2. The summed E-state index contributed by atoms with van der Waals surface area (Å²) in [5.41, 5.74) is 0. The highest BCUT2D eigenvalue weighted by atomic mass is 16.3. The van der Waals surface area contributed by atoms with Crippen molar-refractivity contribution >= 4 is 5.91 Å². The number of carbonyl (C=O) groups is 1. The predicted molar refractivity (Wildman–Crippen MR) is 281 cm³/mol. The van der Waals surface area contributed by atoms with Crippen molar-refractivity contribution in [3.8, 4) is 0 Å². The Labute approximate surface area is 393 Å². The van der Waals surface area contributed by atoms with Crippen molar-refractivity contribution in [2.75, 3.05) is 6.61 Å². The van der Waals surface area contributed by atoms with E-state index in [9.17, 15) is 15.0 Å². The third-order valence-corrected chi connectivity index (χ3v) is 12.4. The van der Waals surface area contributed by atoms with Crippen molar-refractivity contribution in [3.63, 3.8) is 0 Å². The minimum absolute atomic E-state index is 0.0620. The molecule has 2 unspecified atom stereocenters. The molecule has 0 saturated heterocycles. The lowest BCUT2D eigenvalue weighted by Gasteiger charge is -2.20. The average Bonchev–Trinajstić information content (AvgIpc) is 3.29. The van der Waals surface area contributed by atoms with Crippen LogP contribution in [0.4, 0.5) is 0 Å². The Morgan fingerprint density at radius 2 is 0.698 bits per heavy atom. The molecule has 0 aromatic heterocycles. The van der Waals surface area contributed by atoms with Gasteiger partial charge < -0.3 is 15.5 Å². The second-order valence-electron chi connectivity index (χ2n) is 18.6. The molecule has 0 heterocycles. The first-order valence-corrected chi connectivity index (χ1v) is 27.7. The van der Waals surface area contributed by atoms with Crippen molar-refractivity contribution < 1.29 is 15.0 Å². The molecule has 0 aliphatic carbocycles. The molecule has 0 aliphatic rings. The van der Waals surface area contributed by atoms with Crippen LogP contribution in [0.1, 0.15) is 277 Å². The molecule has 0 radical (unpaired) electrons. The molecule has 4 nitrogen and oxygen atoms in total. The molecule has 0 spiro atoms. The third-order valence-electron chi connectivity index (χ3n) is 12.4. The normalized spacial score (nSPS) is 13.4. The molecule has 1 amide bonds. The lowest BCUT2D eigenvalue weighted by molar-refractivity contribution is -0.123. The Morgan fingerprint density at radius 3 is 1.05 bits per heavy atom. The van der Waals surface area contributed by atoms with Crippen LogP contribution in [-0.4, -0.2) is 34.9 Å². The van der Waals surface area contributed by atoms with Crippen LogP contribution in [0.2, 0.25) is 0 Å². The zero-order valence-electron chi connectivity index (χ0n) is 42.1. The van der Waals surface area contributed by atoms with E-state index in [0.717, 1.165) is 57.8 Å². The molecule has 2 atom stereocenters. The summed E-state index contributed by atoms with van der Waals surface area (Å²) < 4.78 is 0. The van der Waals surface area contributed by atoms with E-state index in [0.29, 0.717) is 6.42 Å². The maximum absolute atomic E-state index is 12.4. The lowest BCUT2D eigenvalue weighted by atomic mass is 10.0. The minimum Gasteiger partial charge on any atom is -0.394 e. The van der Waals surface area contributed by atoms with E-state index in [1.807, 2.05) is 6.08 Å². The molecule has 3 N–H and O–H groups in total. The van der Waals surface area contributed by atoms with E-state index in [-0.39, 0.29) is 12.5 Å². The average molecular weight is 879 g/mol. The summed E-state index contributed by atoms with van der Waals surface area (Å²) in [6, 6.07) is -0.622. The summed E-state index contributed by atoms with van der Waals surface area (Å²) in [5.74, 6) is -0.0620. The van der Waals surface area contributed by atoms with Crippen molar-refractivity contribution in [2.45, 2.75) is 289 Å². The van der Waals surface area contributed by atoms with E-state index in [1.54, 1.807) is 6.08 Å². The quantitative estimate of drug-likeness (QED) is 0.0421. The van der Waals surface area contributed by atoms with E-state index in [1.165, 1.54) is 199 Å². The van der Waals surface area contributed by atoms with Gasteiger partial charge in [0.05, 0.1) is 18.8 Å². The largest absolute Gasteiger partial charge is 0.394 e. The Balaban J connectivity index is 3.44. The van der Waals surface area contributed by atoms with Gasteiger partial charge in [-0.2, -0.15) is 0 Å². The van der Waals surface area contributed by atoms with Crippen LogP contribution in [0.15, 0.2) is 72.9 Å². The second-order valence-corrected chi connectivity index (χ2v) is 18.6. The van der Waals surface area contributed by atoms with Crippen molar-refractivity contribution in [1.29, 1.82) is 0 Å². The standard InChI is InChI=1S/C59H107NO3/c1-3-5-7-9-11-13-15-17-19-20-21-22-23-24-25-26-27-28-29-30-31-32-33-34-35-36-37-38-39-40-41-43-45-47-49-51-53-55-59(63)60-57(56-61)58(62)54-52-50-48-46-44-42-18-16-14-12-10-8-6-4-2/h5,7,11,13,17,19,21-22,24-25,52,54,57-58,61-62H,3-4,6,8-10,12,14-16,18,20,23,26-51,53,55-56H2,1-2H3,(H,60,63)/b7-5-,13-11-,19-17-,22-21-,25-24-,54-52+. The van der Waals surface area contributed by atoms with Gasteiger partial charge in [0.15, 0.2) is 0 Å². The summed E-state index contributed by atoms with van der Waals surface area (Å²) >= 11 is 0. The molecule has 0 saturated carbocycles. The SMILES string of the molecule is CC/C=C\C/C=C\C/C=C\C/C=C\C/C=C\CCCCCCCCCCCCCCCCCCCCCCCC(=O)NC(CO)C(O)/C=C/CCCCCCCCCCCCCC. The van der Waals surface area contributed by atoms with Gasteiger partial charge in [-0.25, -0.2) is 0 Å². The number of carbonyl (C=O) groups excluding carboxylic acids is 1. The van der Waals surface area contributed by atoms with Crippen LogP contribution in [0.5, 0.6) is 0 Å². The first kappa shape index (κ1) is 60.8. The zero-order chi connectivity index (χ0) is 45.6. The van der Waals surface area contributed by atoms with Crippen molar-refractivity contribution in [2.24, 2.45) is 0 Å². The van der Waals surface area contributed by atoms with Crippen molar-refractivity contribution in [3.05, 3.63) is 72.9 Å². The number of aliphatic hydroxyl groups excluding tert-OH is 2. The molecule has 0 aromatic carbocycles. The summed E-state index contributed by atoms with van der Waals surface area (Å²) in [7, 11) is 0. The minimum atomic E-state index is -0.839. The van der Waals surface area contributed by atoms with E-state index < -0.39 is 12.1 Å². The molecule has 4 heteroatoms. The van der Waals surface area contributed by atoms with Crippen LogP contribution < -0.4 is 5.32 Å². The van der Waals surface area contributed by atoms with Gasteiger partial charge in [-0.05, 0) is 64.2 Å².